The van der Waals surface area contributed by atoms with Crippen molar-refractivity contribution < 1.29 is 4.79 Å². The van der Waals surface area contributed by atoms with Crippen LogP contribution in [0, 0.1) is 17.3 Å². The Morgan fingerprint density at radius 3 is 2.35 bits per heavy atom. The topological polar surface area (TPSA) is 32.3 Å². The summed E-state index contributed by atoms with van der Waals surface area (Å²) in [6, 6.07) is 0.359. The van der Waals surface area contributed by atoms with Gasteiger partial charge in [-0.1, -0.05) is 34.6 Å². The summed E-state index contributed by atoms with van der Waals surface area (Å²) in [4.78, 5) is 14.0. The minimum Gasteiger partial charge on any atom is -0.341 e. The molecule has 2 unspecified atom stereocenters. The van der Waals surface area contributed by atoms with Crippen molar-refractivity contribution in [3.05, 3.63) is 0 Å². The molecule has 1 aliphatic heterocycles. The molecule has 0 aromatic heterocycles. The number of carbonyl (C=O) groups is 1. The van der Waals surface area contributed by atoms with Crippen LogP contribution >= 0.6 is 0 Å². The van der Waals surface area contributed by atoms with E-state index in [-0.39, 0.29) is 5.41 Å². The molecule has 0 saturated carbocycles. The second-order valence-electron chi connectivity index (χ2n) is 6.71. The van der Waals surface area contributed by atoms with Gasteiger partial charge in [0, 0.05) is 25.6 Å². The zero-order chi connectivity index (χ0) is 13.2. The van der Waals surface area contributed by atoms with Crippen molar-refractivity contribution in [2.75, 3.05) is 20.1 Å². The van der Waals surface area contributed by atoms with Gasteiger partial charge in [-0.2, -0.15) is 0 Å². The summed E-state index contributed by atoms with van der Waals surface area (Å²) < 4.78 is 0. The van der Waals surface area contributed by atoms with E-state index >= 15 is 0 Å². The summed E-state index contributed by atoms with van der Waals surface area (Å²) in [5.74, 6) is 1.47. The van der Waals surface area contributed by atoms with Crippen LogP contribution in [-0.2, 0) is 4.79 Å². The Hall–Kier alpha value is -0.570. The van der Waals surface area contributed by atoms with Crippen molar-refractivity contribution in [1.82, 2.24) is 10.2 Å². The first-order valence-electron chi connectivity index (χ1n) is 6.70. The van der Waals surface area contributed by atoms with Gasteiger partial charge in [0.2, 0.25) is 5.91 Å². The Balaban J connectivity index is 2.60. The number of rotatable bonds is 4. The molecule has 0 radical (unpaired) electrons. The van der Waals surface area contributed by atoms with E-state index in [1.807, 2.05) is 11.9 Å². The first-order valence-corrected chi connectivity index (χ1v) is 6.70. The summed E-state index contributed by atoms with van der Waals surface area (Å²) in [5.41, 5.74) is 0.185. The average molecular weight is 240 g/mol. The van der Waals surface area contributed by atoms with Gasteiger partial charge in [0.25, 0.3) is 0 Å². The van der Waals surface area contributed by atoms with Gasteiger partial charge >= 0.3 is 0 Å². The highest BCUT2D eigenvalue weighted by Crippen LogP contribution is 2.27. The average Bonchev–Trinajstić information content (AvgIpc) is 2.54. The molecule has 0 aromatic rings. The molecule has 2 atom stereocenters. The molecule has 1 heterocycles. The standard InChI is InChI=1S/C14H28N2O/c1-10(2)11-7-13(17)16(8-11)9-12(15-6)14(3,4)5/h10-12,15H,7-9H2,1-6H3. The third-order valence-electron chi connectivity index (χ3n) is 3.98. The lowest BCUT2D eigenvalue weighted by molar-refractivity contribution is -0.128. The van der Waals surface area contributed by atoms with Gasteiger partial charge in [-0.25, -0.2) is 0 Å². The number of likely N-dealkylation sites (N-methyl/N-ethyl adjacent to an activating group) is 1. The van der Waals surface area contributed by atoms with Crippen molar-refractivity contribution in [2.45, 2.75) is 47.1 Å². The number of amides is 1. The fraction of sp³-hybridized carbons (Fsp3) is 0.929. The normalized spacial score (nSPS) is 23.6. The summed E-state index contributed by atoms with van der Waals surface area (Å²) in [6.45, 7) is 12.8. The zero-order valence-corrected chi connectivity index (χ0v) is 12.2. The van der Waals surface area contributed by atoms with Gasteiger partial charge in [-0.05, 0) is 24.3 Å². The van der Waals surface area contributed by atoms with E-state index in [9.17, 15) is 4.79 Å². The largest absolute Gasteiger partial charge is 0.341 e. The van der Waals surface area contributed by atoms with E-state index in [0.29, 0.717) is 23.8 Å². The van der Waals surface area contributed by atoms with Gasteiger partial charge in [0.05, 0.1) is 0 Å². The van der Waals surface area contributed by atoms with Crippen LogP contribution in [0.3, 0.4) is 0 Å². The van der Waals surface area contributed by atoms with Gasteiger partial charge in [-0.15, -0.1) is 0 Å². The molecular formula is C14H28N2O. The SMILES string of the molecule is CNC(CN1CC(C(C)C)CC1=O)C(C)(C)C. The van der Waals surface area contributed by atoms with Crippen molar-refractivity contribution in [2.24, 2.45) is 17.3 Å². The lowest BCUT2D eigenvalue weighted by Gasteiger charge is -2.34. The number of hydrogen-bond donors (Lipinski definition) is 1. The lowest BCUT2D eigenvalue weighted by Crippen LogP contribution is -2.47. The van der Waals surface area contributed by atoms with Crippen LogP contribution in [0.15, 0.2) is 0 Å². The van der Waals surface area contributed by atoms with Gasteiger partial charge < -0.3 is 10.2 Å². The smallest absolute Gasteiger partial charge is 0.222 e. The maximum Gasteiger partial charge on any atom is 0.222 e. The fourth-order valence-corrected chi connectivity index (χ4v) is 2.44. The molecule has 0 bridgehead atoms. The van der Waals surface area contributed by atoms with Crippen molar-refractivity contribution in [3.8, 4) is 0 Å². The van der Waals surface area contributed by atoms with Crippen LogP contribution in [0.5, 0.6) is 0 Å². The minimum atomic E-state index is 0.185. The summed E-state index contributed by atoms with van der Waals surface area (Å²) in [7, 11) is 1.98. The Labute approximate surface area is 106 Å². The van der Waals surface area contributed by atoms with Crippen LogP contribution in [0.2, 0.25) is 0 Å². The van der Waals surface area contributed by atoms with E-state index in [1.165, 1.54) is 0 Å². The molecule has 1 saturated heterocycles. The predicted molar refractivity (Wildman–Crippen MR) is 71.8 cm³/mol. The zero-order valence-electron chi connectivity index (χ0n) is 12.2. The van der Waals surface area contributed by atoms with Gasteiger partial charge in [-0.3, -0.25) is 4.79 Å². The summed E-state index contributed by atoms with van der Waals surface area (Å²) >= 11 is 0. The molecule has 1 fully saturated rings. The number of carbonyl (C=O) groups excluding carboxylic acids is 1. The molecule has 0 spiro atoms. The Morgan fingerprint density at radius 2 is 2.00 bits per heavy atom. The maximum absolute atomic E-state index is 12.0. The third kappa shape index (κ3) is 3.70. The fourth-order valence-electron chi connectivity index (χ4n) is 2.44. The number of nitrogens with one attached hydrogen (secondary N) is 1. The maximum atomic E-state index is 12.0. The Bertz CT molecular complexity index is 268. The molecule has 1 rings (SSSR count). The lowest BCUT2D eigenvalue weighted by atomic mass is 9.86. The van der Waals surface area contributed by atoms with Crippen LogP contribution in [0.1, 0.15) is 41.0 Å². The first kappa shape index (κ1) is 14.5. The molecule has 0 aromatic carbocycles. The molecule has 1 aliphatic rings. The molecular weight excluding hydrogens is 212 g/mol. The molecule has 1 N–H and O–H groups in total. The van der Waals surface area contributed by atoms with Crippen LogP contribution in [-0.4, -0.2) is 37.0 Å². The second kappa shape index (κ2) is 5.38. The number of likely N-dealkylation sites (tertiary alicyclic amines) is 1. The molecule has 1 amide bonds. The monoisotopic (exact) mass is 240 g/mol. The molecule has 3 heteroatoms. The molecule has 0 aliphatic carbocycles. The van der Waals surface area contributed by atoms with Crippen LogP contribution in [0.25, 0.3) is 0 Å². The highest BCUT2D eigenvalue weighted by molar-refractivity contribution is 5.78. The van der Waals surface area contributed by atoms with E-state index in [2.05, 4.69) is 39.9 Å². The summed E-state index contributed by atoms with van der Waals surface area (Å²) in [6.07, 6.45) is 0.734. The first-order chi connectivity index (χ1) is 7.75. The van der Waals surface area contributed by atoms with E-state index in [4.69, 9.17) is 0 Å². The van der Waals surface area contributed by atoms with E-state index in [0.717, 1.165) is 19.5 Å². The van der Waals surface area contributed by atoms with Crippen LogP contribution < -0.4 is 5.32 Å². The van der Waals surface area contributed by atoms with Crippen LogP contribution in [0.4, 0.5) is 0 Å². The minimum absolute atomic E-state index is 0.185. The highest BCUT2D eigenvalue weighted by Gasteiger charge is 2.34. The van der Waals surface area contributed by atoms with Crippen molar-refractivity contribution in [1.29, 1.82) is 0 Å². The van der Waals surface area contributed by atoms with E-state index in [1.54, 1.807) is 0 Å². The Morgan fingerprint density at radius 1 is 1.41 bits per heavy atom. The highest BCUT2D eigenvalue weighted by atomic mass is 16.2. The Kier molecular flexibility index (Phi) is 4.59. The van der Waals surface area contributed by atoms with Gasteiger partial charge in [0.15, 0.2) is 0 Å². The quantitative estimate of drug-likeness (QED) is 0.816. The molecule has 17 heavy (non-hydrogen) atoms. The summed E-state index contributed by atoms with van der Waals surface area (Å²) in [5, 5.41) is 3.34. The van der Waals surface area contributed by atoms with E-state index < -0.39 is 0 Å². The number of hydrogen-bond acceptors (Lipinski definition) is 2. The van der Waals surface area contributed by atoms with Crippen molar-refractivity contribution >= 4 is 5.91 Å². The third-order valence-corrected chi connectivity index (χ3v) is 3.98. The van der Waals surface area contributed by atoms with Gasteiger partial charge in [0.1, 0.15) is 0 Å². The molecule has 3 nitrogen and oxygen atoms in total. The predicted octanol–water partition coefficient (Wildman–Crippen LogP) is 2.12. The second-order valence-corrected chi connectivity index (χ2v) is 6.71. The van der Waals surface area contributed by atoms with Crippen molar-refractivity contribution in [3.63, 3.8) is 0 Å². The molecule has 100 valence electrons. The number of nitrogens with zero attached hydrogens (tertiary/aromatic N) is 1.